The second-order valence-corrected chi connectivity index (χ2v) is 19.8. The first-order chi connectivity index (χ1) is 33.3. The Morgan fingerprint density at radius 1 is 0.250 bits per heavy atom. The number of benzene rings is 6. The lowest BCUT2D eigenvalue weighted by molar-refractivity contribution is -0.713. The Bertz CT molecular complexity index is 2800. The van der Waals surface area contributed by atoms with Gasteiger partial charge in [0.1, 0.15) is 24.8 Å². The van der Waals surface area contributed by atoms with Gasteiger partial charge >= 0.3 is 25.7 Å². The normalized spacial score (nSPS) is 15.4. The molecule has 12 rings (SSSR count). The molecule has 10 aromatic rings. The molecular weight excluding hydrogens is 828 g/mol. The summed E-state index contributed by atoms with van der Waals surface area (Å²) in [5.74, 6) is 0. The third kappa shape index (κ3) is 7.08. The molecule has 0 spiro atoms. The molecule has 0 saturated heterocycles. The van der Waals surface area contributed by atoms with Crippen molar-refractivity contribution >= 4 is 69.3 Å². The summed E-state index contributed by atoms with van der Waals surface area (Å²) in [5.41, 5.74) is 5.46. The molecule has 8 nitrogen and oxygen atoms in total. The molecule has 348 valence electrons. The summed E-state index contributed by atoms with van der Waals surface area (Å²) in [6, 6.07) is 59.7. The van der Waals surface area contributed by atoms with E-state index in [1.807, 2.05) is 72.8 Å². The molecule has 0 radical (unpaired) electrons. The van der Waals surface area contributed by atoms with Crippen LogP contribution in [0.1, 0.15) is 55.4 Å². The van der Waals surface area contributed by atoms with Gasteiger partial charge in [-0.1, -0.05) is 227 Å². The van der Waals surface area contributed by atoms with Crippen LogP contribution in [0.4, 0.5) is 0 Å². The topological polar surface area (TPSA) is 35.2 Å². The van der Waals surface area contributed by atoms with Crippen molar-refractivity contribution in [1.82, 2.24) is 18.4 Å². The van der Waals surface area contributed by atoms with Gasteiger partial charge in [-0.05, 0) is 48.5 Å². The van der Waals surface area contributed by atoms with Crippen LogP contribution >= 0.6 is 0 Å². The number of nitrogens with zero attached hydrogens (tertiary/aromatic N) is 8. The Kier molecular flexibility index (Phi) is 13.2. The van der Waals surface area contributed by atoms with Gasteiger partial charge in [0.25, 0.3) is 0 Å². The van der Waals surface area contributed by atoms with Crippen molar-refractivity contribution in [1.29, 1.82) is 0 Å². The predicted octanol–water partition coefficient (Wildman–Crippen LogP) is 11.9. The largest absolute Gasteiger partial charge is 0.439 e. The van der Waals surface area contributed by atoms with Gasteiger partial charge in [-0.2, -0.15) is 0 Å². The minimum Gasteiger partial charge on any atom is -0.341 e. The summed E-state index contributed by atoms with van der Waals surface area (Å²) in [6.45, 7) is 18.9. The fraction of sp³-hybridized carbons (Fsp3) is 0.286. The van der Waals surface area contributed by atoms with Crippen molar-refractivity contribution in [2.45, 2.75) is 106 Å². The summed E-state index contributed by atoms with van der Waals surface area (Å²) in [4.78, 5) is 0. The molecule has 68 heavy (non-hydrogen) atoms. The van der Waals surface area contributed by atoms with Gasteiger partial charge in [0, 0.05) is 0 Å². The van der Waals surface area contributed by atoms with Crippen LogP contribution in [0.2, 0.25) is 50.6 Å². The quantitative estimate of drug-likeness (QED) is 0.136. The zero-order valence-corrected chi connectivity index (χ0v) is 42.0. The van der Waals surface area contributed by atoms with Gasteiger partial charge in [-0.15, -0.1) is 0 Å². The van der Waals surface area contributed by atoms with E-state index in [2.05, 4.69) is 214 Å². The molecule has 0 unspecified atom stereocenters. The van der Waals surface area contributed by atoms with Gasteiger partial charge in [0.05, 0.1) is 43.6 Å². The Morgan fingerprint density at radius 2 is 0.412 bits per heavy atom. The van der Waals surface area contributed by atoms with Crippen molar-refractivity contribution in [3.05, 3.63) is 195 Å². The predicted molar refractivity (Wildman–Crippen MR) is 291 cm³/mol. The second-order valence-electron chi connectivity index (χ2n) is 19.8. The van der Waals surface area contributed by atoms with Crippen LogP contribution in [0.3, 0.4) is 0 Å². The highest BCUT2D eigenvalue weighted by Gasteiger charge is 2.57. The number of rotatable bonds is 8. The number of aromatic nitrogens is 8. The van der Waals surface area contributed by atoms with E-state index in [-0.39, 0.29) is 0 Å². The molecule has 0 saturated carbocycles. The van der Waals surface area contributed by atoms with E-state index in [4.69, 9.17) is 0 Å². The van der Waals surface area contributed by atoms with Crippen LogP contribution in [0.25, 0.3) is 43.6 Å². The summed E-state index contributed by atoms with van der Waals surface area (Å²) in [5, 5.41) is 5.39. The van der Waals surface area contributed by atoms with Gasteiger partial charge in [-0.25, -0.2) is 0 Å². The average Bonchev–Trinajstić information content (AvgIpc) is 4.22. The van der Waals surface area contributed by atoms with Crippen molar-refractivity contribution in [2.75, 3.05) is 0 Å². The third-order valence-corrected chi connectivity index (χ3v) is 17.2. The SMILES string of the molecule is CC[B-]1(CC)n2c3ccccc3c[n+]2[B-](CC)(CC)n2c3ccccc3c[n+]21.CC[B-]1(CC)n2c3ccccc3c[n+]2[B-](CC)(CC)n2c3ccccc3c[n+]21.c1ccccc1.c1ccccc1. The molecule has 0 aliphatic carbocycles. The van der Waals surface area contributed by atoms with Gasteiger partial charge in [0.2, 0.25) is 0 Å². The molecular formula is C56H72B4N8. The smallest absolute Gasteiger partial charge is 0.341 e. The lowest BCUT2D eigenvalue weighted by atomic mass is 9.37. The van der Waals surface area contributed by atoms with Crippen molar-refractivity contribution in [2.24, 2.45) is 0 Å². The zero-order chi connectivity index (χ0) is 47.5. The van der Waals surface area contributed by atoms with E-state index in [0.717, 1.165) is 50.6 Å². The zero-order valence-electron chi connectivity index (χ0n) is 42.0. The van der Waals surface area contributed by atoms with Gasteiger partial charge in [0.15, 0.2) is 0 Å². The van der Waals surface area contributed by atoms with Crippen molar-refractivity contribution in [3.63, 3.8) is 0 Å². The first-order valence-corrected chi connectivity index (χ1v) is 26.2. The maximum atomic E-state index is 2.68. The van der Waals surface area contributed by atoms with Crippen LogP contribution in [0.15, 0.2) is 195 Å². The molecule has 2 aliphatic rings. The summed E-state index contributed by atoms with van der Waals surface area (Å²) >= 11 is 0. The number of para-hydroxylation sites is 4. The monoisotopic (exact) mass is 901 g/mol. The fourth-order valence-corrected chi connectivity index (χ4v) is 13.3. The lowest BCUT2D eigenvalue weighted by Gasteiger charge is -2.47. The molecule has 0 bridgehead atoms. The highest BCUT2D eigenvalue weighted by atomic mass is 15.6. The molecule has 4 aromatic heterocycles. The van der Waals surface area contributed by atoms with Crippen LogP contribution in [-0.4, -0.2) is 44.0 Å². The van der Waals surface area contributed by atoms with E-state index in [9.17, 15) is 0 Å². The van der Waals surface area contributed by atoms with Crippen LogP contribution in [0.5, 0.6) is 0 Å². The van der Waals surface area contributed by atoms with E-state index in [1.165, 1.54) is 43.6 Å². The molecule has 0 amide bonds. The fourth-order valence-electron chi connectivity index (χ4n) is 13.3. The summed E-state index contributed by atoms with van der Waals surface area (Å²) in [7, 11) is 0. The standard InChI is InChI=1S/2C22H30B2N4.2C6H6/c2*1-5-23(6-2)25-17-19-13-10-12-16-22(19)28(25)24(7-3,8-4)26-18-20-14-9-11-15-21(20)27(23)26;2*1-2-4-6-5-3-1/h2*9-18H,5-8H2,1-4H3;2*1-6H. The molecule has 0 fully saturated rings. The molecule has 12 heteroatoms. The Hall–Kier alpha value is -6.54. The Labute approximate surface area is 404 Å². The lowest BCUT2D eigenvalue weighted by Crippen LogP contribution is -2.91. The van der Waals surface area contributed by atoms with Crippen molar-refractivity contribution in [3.8, 4) is 0 Å². The number of fused-ring (bicyclic) bond motifs is 12. The molecule has 6 heterocycles. The molecule has 6 aromatic carbocycles. The number of hydrogen-bond donors (Lipinski definition) is 0. The molecule has 2 aliphatic heterocycles. The van der Waals surface area contributed by atoms with E-state index >= 15 is 0 Å². The Balaban J connectivity index is 0.000000136. The average molecular weight is 900 g/mol. The van der Waals surface area contributed by atoms with Gasteiger partial charge < -0.3 is 18.4 Å². The van der Waals surface area contributed by atoms with Crippen LogP contribution in [0, 0.1) is 0 Å². The van der Waals surface area contributed by atoms with E-state index in [0.29, 0.717) is 0 Å². The van der Waals surface area contributed by atoms with Crippen LogP contribution < -0.4 is 18.4 Å². The summed E-state index contributed by atoms with van der Waals surface area (Å²) in [6.07, 6.45) is 14.7. The van der Waals surface area contributed by atoms with Crippen LogP contribution in [-0.2, 0) is 0 Å². The van der Waals surface area contributed by atoms with E-state index < -0.39 is 25.7 Å². The summed E-state index contributed by atoms with van der Waals surface area (Å²) < 4.78 is 21.3. The first-order valence-electron chi connectivity index (χ1n) is 26.2. The Morgan fingerprint density at radius 3 is 0.574 bits per heavy atom. The maximum absolute atomic E-state index is 2.68. The third-order valence-electron chi connectivity index (χ3n) is 17.2. The van der Waals surface area contributed by atoms with Gasteiger partial charge in [-0.3, -0.25) is 18.4 Å². The molecule has 0 N–H and O–H groups in total. The second kappa shape index (κ2) is 19.2. The first kappa shape index (κ1) is 46.6. The number of hydrogen-bond acceptors (Lipinski definition) is 0. The minimum atomic E-state index is -0.969. The van der Waals surface area contributed by atoms with E-state index in [1.54, 1.807) is 0 Å². The maximum Gasteiger partial charge on any atom is 0.439 e. The highest BCUT2D eigenvalue weighted by molar-refractivity contribution is 6.76. The van der Waals surface area contributed by atoms with Crippen molar-refractivity contribution < 1.29 is 18.4 Å². The minimum absolute atomic E-state index is 0.969. The molecule has 0 atom stereocenters. The highest BCUT2D eigenvalue weighted by Crippen LogP contribution is 2.33.